The summed E-state index contributed by atoms with van der Waals surface area (Å²) >= 11 is 0. The molecule has 0 bridgehead atoms. The van der Waals surface area contributed by atoms with Gasteiger partial charge >= 0.3 is 5.97 Å². The lowest BCUT2D eigenvalue weighted by Crippen LogP contribution is -2.69. The molecule has 6 rings (SSSR count). The number of hydrogen-bond acceptors (Lipinski definition) is 6. The van der Waals surface area contributed by atoms with Crippen molar-refractivity contribution < 1.29 is 28.3 Å². The molecule has 0 radical (unpaired) electrons. The fourth-order valence-electron chi connectivity index (χ4n) is 7.51. The van der Waals surface area contributed by atoms with Crippen LogP contribution in [0.1, 0.15) is 29.3 Å². The van der Waals surface area contributed by atoms with Gasteiger partial charge in [0, 0.05) is 31.6 Å². The minimum absolute atomic E-state index is 0.0342. The zero-order valence-electron chi connectivity index (χ0n) is 30.3. The fraction of sp³-hybridized carbons (Fsp3) is 0.262. The van der Waals surface area contributed by atoms with Crippen LogP contribution in [0.4, 0.5) is 5.69 Å². The third-order valence-electron chi connectivity index (χ3n) is 9.68. The molecule has 268 valence electrons. The van der Waals surface area contributed by atoms with Crippen molar-refractivity contribution in [1.29, 1.82) is 0 Å². The lowest BCUT2D eigenvalue weighted by molar-refractivity contribution is -0.156. The summed E-state index contributed by atoms with van der Waals surface area (Å²) in [6.45, 7) is 8.62. The van der Waals surface area contributed by atoms with Crippen molar-refractivity contribution in [2.24, 2.45) is 5.92 Å². The number of β-lactam (4-membered cyclic amide) rings is 1. The van der Waals surface area contributed by atoms with E-state index in [9.17, 15) is 19.2 Å². The molecule has 2 heterocycles. The molecule has 0 spiro atoms. The summed E-state index contributed by atoms with van der Waals surface area (Å²) in [6, 6.07) is 33.9. The first-order valence-electron chi connectivity index (χ1n) is 17.5. The Morgan fingerprint density at radius 3 is 1.92 bits per heavy atom. The van der Waals surface area contributed by atoms with Gasteiger partial charge < -0.3 is 19.0 Å². The molecule has 3 atom stereocenters. The summed E-state index contributed by atoms with van der Waals surface area (Å²) in [5.41, 5.74) is 2.22. The first-order valence-corrected chi connectivity index (χ1v) is 22.7. The molecule has 4 aromatic carbocycles. The summed E-state index contributed by atoms with van der Waals surface area (Å²) in [5, 5.41) is 2.58. The van der Waals surface area contributed by atoms with Crippen LogP contribution >= 0.6 is 6.89 Å². The number of ether oxygens (including phenoxy) is 1. The molecule has 0 aromatic heterocycles. The second-order valence-electron chi connectivity index (χ2n) is 14.2. The number of ketones is 1. The molecule has 2 aliphatic rings. The maximum Gasteiger partial charge on any atom is 0.356 e. The van der Waals surface area contributed by atoms with Crippen molar-refractivity contribution in [3.8, 4) is 0 Å². The third kappa shape index (κ3) is 6.88. The van der Waals surface area contributed by atoms with Crippen LogP contribution in [0.2, 0.25) is 19.6 Å². The van der Waals surface area contributed by atoms with Crippen LogP contribution in [-0.4, -0.2) is 68.0 Å². The van der Waals surface area contributed by atoms with Crippen LogP contribution in [-0.2, 0) is 30.0 Å². The van der Waals surface area contributed by atoms with Crippen molar-refractivity contribution in [1.82, 2.24) is 4.90 Å². The number of likely N-dealkylation sites (N-methyl/N-ethyl adjacent to an activating group) is 1. The number of anilines is 1. The Labute approximate surface area is 307 Å². The van der Waals surface area contributed by atoms with E-state index in [4.69, 9.17) is 9.16 Å². The second kappa shape index (κ2) is 15.0. The smallest absolute Gasteiger partial charge is 0.356 e. The Kier molecular flexibility index (Phi) is 10.7. The molecule has 52 heavy (non-hydrogen) atoms. The molecule has 10 heteroatoms. The van der Waals surface area contributed by atoms with E-state index in [2.05, 4.69) is 26.2 Å². The zero-order chi connectivity index (χ0) is 37.2. The van der Waals surface area contributed by atoms with Crippen LogP contribution in [0.25, 0.3) is 0 Å². The first kappa shape index (κ1) is 37.0. The number of hydrogen-bond donors (Lipinski definition) is 0. The average Bonchev–Trinajstić information content (AvgIpc) is 3.42. The van der Waals surface area contributed by atoms with Crippen LogP contribution in [0.3, 0.4) is 0 Å². The van der Waals surface area contributed by atoms with E-state index in [0.29, 0.717) is 5.56 Å². The number of nitrogens with zero attached hydrogens (tertiary/aromatic N) is 2. The van der Waals surface area contributed by atoms with Crippen molar-refractivity contribution in [3.63, 3.8) is 0 Å². The van der Waals surface area contributed by atoms with E-state index < -0.39 is 39.2 Å². The molecule has 0 saturated carbocycles. The van der Waals surface area contributed by atoms with Gasteiger partial charge in [0.1, 0.15) is 12.0 Å². The Bertz CT molecular complexity index is 1960. The third-order valence-corrected chi connectivity index (χ3v) is 15.0. The Morgan fingerprint density at radius 1 is 0.885 bits per heavy atom. The lowest BCUT2D eigenvalue weighted by atomic mass is 9.79. The first-order chi connectivity index (χ1) is 24.9. The van der Waals surface area contributed by atoms with E-state index in [1.807, 2.05) is 97.9 Å². The number of Topliss-reactive ketones (excluding diaryl/α,β-unsaturated/α-hetero) is 1. The fourth-order valence-corrected chi connectivity index (χ4v) is 13.2. The van der Waals surface area contributed by atoms with E-state index >= 15 is 0 Å². The molecule has 0 N–H and O–H groups in total. The summed E-state index contributed by atoms with van der Waals surface area (Å²) in [7, 11) is -0.407. The minimum Gasteiger partial charge on any atom is -0.457 e. The van der Waals surface area contributed by atoms with Gasteiger partial charge in [-0.25, -0.2) is 4.79 Å². The lowest BCUT2D eigenvalue weighted by Gasteiger charge is -2.52. The number of rotatable bonds is 13. The van der Waals surface area contributed by atoms with Gasteiger partial charge in [-0.15, -0.1) is 0 Å². The highest BCUT2D eigenvalue weighted by Crippen LogP contribution is 2.50. The SMILES string of the molecule is C=CCOC(=O)C(N1C(=O)[C@H]([C@@H](C)O[Si](C)(C)C)[C@H]1CC(=O)c1ccc2c(c1)CC(=O)N2C)=P(c1ccccc1)(c1ccccc1)c1ccccc1. The summed E-state index contributed by atoms with van der Waals surface area (Å²) in [5.74, 6) is -1.86. The Morgan fingerprint density at radius 2 is 1.42 bits per heavy atom. The number of amides is 2. The number of carbonyl (C=O) groups is 4. The van der Waals surface area contributed by atoms with Crippen molar-refractivity contribution in [3.05, 3.63) is 133 Å². The van der Waals surface area contributed by atoms with Gasteiger partial charge in [-0.2, -0.15) is 0 Å². The quantitative estimate of drug-likeness (QED) is 0.0438. The average molecular weight is 733 g/mol. The van der Waals surface area contributed by atoms with E-state index in [0.717, 1.165) is 27.2 Å². The van der Waals surface area contributed by atoms with Gasteiger partial charge in [0.05, 0.1) is 24.5 Å². The van der Waals surface area contributed by atoms with Gasteiger partial charge in [0.15, 0.2) is 14.1 Å². The topological polar surface area (TPSA) is 93.2 Å². The highest BCUT2D eigenvalue weighted by molar-refractivity contribution is 7.96. The standard InChI is InChI=1S/C42H45N2O6PSi/c1-7-25-49-42(48)41(51(32-17-11-8-12-18-32,33-19-13-9-14-20-33)34-21-15-10-16-22-34)44-36(39(40(44)47)29(2)50-52(4,5)6)28-37(45)30-23-24-35-31(26-30)27-38(46)43(35)3/h7-24,26,29,36,39H,1,25,27-28H2,2-6H3/t29-,36-,39-/m1/s1. The molecular weight excluding hydrogens is 688 g/mol. The van der Waals surface area contributed by atoms with Gasteiger partial charge in [-0.3, -0.25) is 14.4 Å². The van der Waals surface area contributed by atoms with Gasteiger partial charge in [0.2, 0.25) is 11.8 Å². The van der Waals surface area contributed by atoms with E-state index in [1.54, 1.807) is 35.0 Å². The molecule has 0 unspecified atom stereocenters. The normalized spacial score (nSPS) is 17.6. The summed E-state index contributed by atoms with van der Waals surface area (Å²) in [6.07, 6.45) is 1.15. The minimum atomic E-state index is -3.17. The molecule has 8 nitrogen and oxygen atoms in total. The number of benzene rings is 4. The number of carbonyl (C=O) groups excluding carboxylic acids is 4. The Hall–Kier alpha value is -4.82. The van der Waals surface area contributed by atoms with Crippen LogP contribution in [0, 0.1) is 5.92 Å². The van der Waals surface area contributed by atoms with Crippen LogP contribution in [0.5, 0.6) is 0 Å². The highest BCUT2D eigenvalue weighted by Gasteiger charge is 2.56. The number of likely N-dealkylation sites (tertiary alicyclic amines) is 1. The summed E-state index contributed by atoms with van der Waals surface area (Å²) in [4.78, 5) is 59.7. The monoisotopic (exact) mass is 732 g/mol. The summed E-state index contributed by atoms with van der Waals surface area (Å²) < 4.78 is 12.4. The van der Waals surface area contributed by atoms with Crippen molar-refractivity contribution in [2.45, 2.75) is 51.6 Å². The Balaban J connectivity index is 1.61. The molecular formula is C42H45N2O6PSi. The molecule has 2 aliphatic heterocycles. The van der Waals surface area contributed by atoms with Crippen LogP contribution < -0.4 is 20.8 Å². The maximum absolute atomic E-state index is 14.9. The predicted molar refractivity (Wildman–Crippen MR) is 212 cm³/mol. The predicted octanol–water partition coefficient (Wildman–Crippen LogP) is 5.70. The maximum atomic E-state index is 14.9. The van der Waals surface area contributed by atoms with Crippen molar-refractivity contribution >= 4 is 65.8 Å². The van der Waals surface area contributed by atoms with Gasteiger partial charge in [-0.1, -0.05) is 104 Å². The second-order valence-corrected chi connectivity index (χ2v) is 22.0. The van der Waals surface area contributed by atoms with Crippen LogP contribution in [0.15, 0.2) is 122 Å². The van der Waals surface area contributed by atoms with Gasteiger partial charge in [-0.05, 0) is 66.2 Å². The molecule has 1 fully saturated rings. The molecule has 4 aromatic rings. The zero-order valence-corrected chi connectivity index (χ0v) is 32.2. The molecule has 2 amide bonds. The van der Waals surface area contributed by atoms with E-state index in [1.165, 1.54) is 6.08 Å². The van der Waals surface area contributed by atoms with E-state index in [-0.39, 0.29) is 42.5 Å². The molecule has 0 aliphatic carbocycles. The number of esters is 1. The van der Waals surface area contributed by atoms with Gasteiger partial charge in [0.25, 0.3) is 0 Å². The largest absolute Gasteiger partial charge is 0.457 e. The number of fused-ring (bicyclic) bond motifs is 1. The highest BCUT2D eigenvalue weighted by atomic mass is 31.2. The molecule has 1 saturated heterocycles. The van der Waals surface area contributed by atoms with Crippen molar-refractivity contribution in [2.75, 3.05) is 18.6 Å².